The molecule has 1 amide bonds. The van der Waals surface area contributed by atoms with Gasteiger partial charge >= 0.3 is 6.18 Å². The van der Waals surface area contributed by atoms with Gasteiger partial charge in [0.2, 0.25) is 5.13 Å². The second-order valence-corrected chi connectivity index (χ2v) is 4.15. The lowest BCUT2D eigenvalue weighted by atomic mass is 10.1. The molecular weight excluding hydrogens is 283 g/mol. The molecule has 2 aromatic rings. The van der Waals surface area contributed by atoms with E-state index in [-0.39, 0.29) is 10.7 Å². The van der Waals surface area contributed by atoms with E-state index >= 15 is 0 Å². The third-order valence-electron chi connectivity index (χ3n) is 2.14. The molecule has 3 N–H and O–H groups in total. The number of halogens is 3. The number of benzene rings is 1. The normalized spacial score (nSPS) is 11.3. The molecule has 2 rings (SSSR count). The molecule has 0 spiro atoms. The predicted molar refractivity (Wildman–Crippen MR) is 61.5 cm³/mol. The second-order valence-electron chi connectivity index (χ2n) is 3.42. The summed E-state index contributed by atoms with van der Waals surface area (Å²) in [6, 6.07) is 2.89. The van der Waals surface area contributed by atoms with Crippen LogP contribution in [0.5, 0.6) is 0 Å². The van der Waals surface area contributed by atoms with Crippen LogP contribution in [-0.4, -0.2) is 20.7 Å². The number of amides is 1. The lowest BCUT2D eigenvalue weighted by molar-refractivity contribution is -0.136. The minimum Gasteiger partial charge on any atom is -0.398 e. The Morgan fingerprint density at radius 2 is 2.11 bits per heavy atom. The van der Waals surface area contributed by atoms with E-state index in [4.69, 9.17) is 5.73 Å². The van der Waals surface area contributed by atoms with Gasteiger partial charge in [0.1, 0.15) is 0 Å². The molecular formula is C9H6F3N5OS. The van der Waals surface area contributed by atoms with Crippen LogP contribution in [0.4, 0.5) is 24.0 Å². The number of alkyl halides is 3. The molecule has 0 saturated carbocycles. The van der Waals surface area contributed by atoms with Gasteiger partial charge in [-0.05, 0) is 23.4 Å². The number of carbonyl (C=O) groups excluding carboxylic acids is 1. The average molecular weight is 289 g/mol. The summed E-state index contributed by atoms with van der Waals surface area (Å²) in [6.07, 6.45) is -4.62. The lowest BCUT2D eigenvalue weighted by Crippen LogP contribution is -2.15. The first-order valence-electron chi connectivity index (χ1n) is 4.81. The molecule has 1 aromatic carbocycles. The molecule has 0 aliphatic rings. The Balaban J connectivity index is 2.28. The van der Waals surface area contributed by atoms with Gasteiger partial charge in [-0.15, -0.1) is 0 Å². The van der Waals surface area contributed by atoms with E-state index in [0.717, 1.165) is 17.6 Å². The van der Waals surface area contributed by atoms with E-state index in [1.54, 1.807) is 0 Å². The molecule has 0 bridgehead atoms. The topological polar surface area (TPSA) is 93.8 Å². The first kappa shape index (κ1) is 13.2. The van der Waals surface area contributed by atoms with Crippen LogP contribution in [0.1, 0.15) is 15.9 Å². The van der Waals surface area contributed by atoms with Crippen LogP contribution in [0.3, 0.4) is 0 Å². The summed E-state index contributed by atoms with van der Waals surface area (Å²) in [6.45, 7) is 0. The zero-order valence-electron chi connectivity index (χ0n) is 9.10. The fourth-order valence-electron chi connectivity index (χ4n) is 1.29. The maximum absolute atomic E-state index is 12.6. The van der Waals surface area contributed by atoms with Gasteiger partial charge in [-0.3, -0.25) is 10.1 Å². The summed E-state index contributed by atoms with van der Waals surface area (Å²) in [5.41, 5.74) is 3.54. The summed E-state index contributed by atoms with van der Waals surface area (Å²) < 4.78 is 41.3. The second kappa shape index (κ2) is 4.80. The first-order chi connectivity index (χ1) is 8.88. The fraction of sp³-hybridized carbons (Fsp3) is 0.111. The highest BCUT2D eigenvalue weighted by atomic mass is 32.1. The van der Waals surface area contributed by atoms with Crippen molar-refractivity contribution in [2.24, 2.45) is 0 Å². The van der Waals surface area contributed by atoms with Gasteiger partial charge in [0.15, 0.2) is 0 Å². The van der Waals surface area contributed by atoms with Gasteiger partial charge in [0.25, 0.3) is 5.91 Å². The van der Waals surface area contributed by atoms with E-state index in [0.29, 0.717) is 6.07 Å². The van der Waals surface area contributed by atoms with Crippen molar-refractivity contribution in [2.45, 2.75) is 6.18 Å². The van der Waals surface area contributed by atoms with E-state index in [9.17, 15) is 18.0 Å². The first-order valence-corrected chi connectivity index (χ1v) is 5.58. The third-order valence-corrected chi connectivity index (χ3v) is 2.65. The van der Waals surface area contributed by atoms with Gasteiger partial charge in [-0.25, -0.2) is 0 Å². The highest BCUT2D eigenvalue weighted by Crippen LogP contribution is 2.34. The smallest absolute Gasteiger partial charge is 0.398 e. The van der Waals surface area contributed by atoms with Crippen molar-refractivity contribution in [1.29, 1.82) is 0 Å². The summed E-state index contributed by atoms with van der Waals surface area (Å²) in [4.78, 5) is 11.7. The van der Waals surface area contributed by atoms with E-state index in [1.807, 2.05) is 0 Å². The highest BCUT2D eigenvalue weighted by Gasteiger charge is 2.33. The van der Waals surface area contributed by atoms with Crippen LogP contribution in [-0.2, 0) is 6.18 Å². The molecule has 0 saturated heterocycles. The van der Waals surface area contributed by atoms with Crippen LogP contribution < -0.4 is 11.1 Å². The maximum atomic E-state index is 12.6. The van der Waals surface area contributed by atoms with Crippen molar-refractivity contribution >= 4 is 28.3 Å². The fourth-order valence-corrected chi connectivity index (χ4v) is 1.66. The van der Waals surface area contributed by atoms with Crippen LogP contribution in [0.25, 0.3) is 0 Å². The van der Waals surface area contributed by atoms with Crippen molar-refractivity contribution in [3.05, 3.63) is 29.3 Å². The number of rotatable bonds is 2. The number of hydrogen-bond donors (Lipinski definition) is 2. The Hall–Kier alpha value is -2.23. The zero-order chi connectivity index (χ0) is 14.0. The zero-order valence-corrected chi connectivity index (χ0v) is 9.92. The molecule has 6 nitrogen and oxygen atoms in total. The van der Waals surface area contributed by atoms with Crippen LogP contribution >= 0.6 is 11.5 Å². The molecule has 1 aromatic heterocycles. The Kier molecular flexibility index (Phi) is 3.34. The molecule has 0 fully saturated rings. The summed E-state index contributed by atoms with van der Waals surface area (Å²) in [7, 11) is 0. The average Bonchev–Trinajstić information content (AvgIpc) is 2.80. The molecule has 0 unspecified atom stereocenters. The summed E-state index contributed by atoms with van der Waals surface area (Å²) in [5.74, 6) is -0.746. The standard InChI is InChI=1S/C9H6F3N5OS/c10-9(11,12)5-3-4(1-2-6(5)13)7(18)14-8-15-16-17-19-8/h1-3H,13H2,(H,14,15,17,18). The van der Waals surface area contributed by atoms with Crippen LogP contribution in [0.2, 0.25) is 0 Å². The number of aromatic nitrogens is 3. The molecule has 0 atom stereocenters. The molecule has 10 heteroatoms. The van der Waals surface area contributed by atoms with Crippen molar-refractivity contribution in [1.82, 2.24) is 14.8 Å². The molecule has 100 valence electrons. The Bertz CT molecular complexity index is 598. The molecule has 0 aliphatic heterocycles. The van der Waals surface area contributed by atoms with Crippen molar-refractivity contribution in [2.75, 3.05) is 11.1 Å². The number of hydrogen-bond acceptors (Lipinski definition) is 6. The monoisotopic (exact) mass is 289 g/mol. The maximum Gasteiger partial charge on any atom is 0.418 e. The Morgan fingerprint density at radius 3 is 2.68 bits per heavy atom. The van der Waals surface area contributed by atoms with Gasteiger partial charge in [0.05, 0.1) is 5.56 Å². The summed E-state index contributed by atoms with van der Waals surface area (Å²) >= 11 is 0.808. The van der Waals surface area contributed by atoms with Crippen LogP contribution in [0, 0.1) is 0 Å². The number of nitrogens with zero attached hydrogens (tertiary/aromatic N) is 3. The van der Waals surface area contributed by atoms with E-state index in [2.05, 4.69) is 20.1 Å². The number of anilines is 2. The molecule has 0 aliphatic carbocycles. The number of nitrogens with one attached hydrogen (secondary N) is 1. The SMILES string of the molecule is Nc1ccc(C(=O)Nc2nnns2)cc1C(F)(F)F. The van der Waals surface area contributed by atoms with Gasteiger partial charge < -0.3 is 5.73 Å². The quantitative estimate of drug-likeness (QED) is 0.822. The lowest BCUT2D eigenvalue weighted by Gasteiger charge is -2.11. The number of nitrogen functional groups attached to an aromatic ring is 1. The minimum atomic E-state index is -4.62. The van der Waals surface area contributed by atoms with Crippen LogP contribution in [0.15, 0.2) is 18.2 Å². The summed E-state index contributed by atoms with van der Waals surface area (Å²) in [5, 5.41) is 9.06. The van der Waals surface area contributed by atoms with Gasteiger partial charge in [0, 0.05) is 22.8 Å². The minimum absolute atomic E-state index is 0.0929. The van der Waals surface area contributed by atoms with E-state index < -0.39 is 23.3 Å². The Labute approximate surface area is 108 Å². The molecule has 0 radical (unpaired) electrons. The Morgan fingerprint density at radius 1 is 1.37 bits per heavy atom. The predicted octanol–water partition coefficient (Wildman–Crippen LogP) is 1.79. The van der Waals surface area contributed by atoms with Gasteiger partial charge in [-0.1, -0.05) is 9.59 Å². The number of carbonyl (C=O) groups is 1. The van der Waals surface area contributed by atoms with Crippen molar-refractivity contribution in [3.8, 4) is 0 Å². The van der Waals surface area contributed by atoms with Gasteiger partial charge in [-0.2, -0.15) is 13.2 Å². The van der Waals surface area contributed by atoms with Crippen molar-refractivity contribution < 1.29 is 18.0 Å². The van der Waals surface area contributed by atoms with Crippen molar-refractivity contribution in [3.63, 3.8) is 0 Å². The highest BCUT2D eigenvalue weighted by molar-refractivity contribution is 7.09. The number of nitrogens with two attached hydrogens (primary N) is 1. The molecule has 19 heavy (non-hydrogen) atoms. The third kappa shape index (κ3) is 2.96. The molecule has 1 heterocycles. The van der Waals surface area contributed by atoms with E-state index in [1.165, 1.54) is 6.07 Å². The largest absolute Gasteiger partial charge is 0.418 e.